The fraction of sp³-hybridized carbons (Fsp3) is 0.579. The van der Waals surface area contributed by atoms with Gasteiger partial charge in [0.1, 0.15) is 0 Å². The smallest absolute Gasteiger partial charge is 0.319 e. The summed E-state index contributed by atoms with van der Waals surface area (Å²) < 4.78 is 0. The van der Waals surface area contributed by atoms with Gasteiger partial charge in [-0.1, -0.05) is 26.0 Å². The van der Waals surface area contributed by atoms with Crippen LogP contribution in [0.15, 0.2) is 18.2 Å². The minimum absolute atomic E-state index is 0.000332. The number of carbonyl (C=O) groups is 2. The molecule has 2 rings (SSSR count). The van der Waals surface area contributed by atoms with Crippen LogP contribution in [0.4, 0.5) is 10.5 Å². The van der Waals surface area contributed by atoms with E-state index in [9.17, 15) is 9.59 Å². The number of likely N-dealkylation sites (N-methyl/N-ethyl adjacent to an activating group) is 1. The van der Waals surface area contributed by atoms with Crippen LogP contribution >= 0.6 is 0 Å². The quantitative estimate of drug-likeness (QED) is 0.798. The number of carbonyl (C=O) groups excluding carboxylic acids is 2. The van der Waals surface area contributed by atoms with Crippen molar-refractivity contribution in [2.75, 3.05) is 44.6 Å². The molecule has 0 aliphatic carbocycles. The maximum Gasteiger partial charge on any atom is 0.319 e. The minimum atomic E-state index is -0.267. The normalized spacial score (nSPS) is 14.0. The van der Waals surface area contributed by atoms with E-state index in [1.54, 1.807) is 6.07 Å². The number of hydrogen-bond donors (Lipinski definition) is 2. The summed E-state index contributed by atoms with van der Waals surface area (Å²) in [5.74, 6) is -0.000332. The molecule has 0 unspecified atom stereocenters. The first-order valence-electron chi connectivity index (χ1n) is 9.22. The number of amides is 3. The molecule has 0 aromatic heterocycles. The lowest BCUT2D eigenvalue weighted by molar-refractivity contribution is 0.0794. The molecule has 3 amide bonds. The Balaban J connectivity index is 2.00. The molecule has 0 radical (unpaired) electrons. The molecule has 0 bridgehead atoms. The minimum Gasteiger partial charge on any atom is -0.339 e. The Labute approximate surface area is 150 Å². The van der Waals surface area contributed by atoms with Gasteiger partial charge in [0.25, 0.3) is 5.91 Å². The molecule has 1 aromatic carbocycles. The van der Waals surface area contributed by atoms with E-state index in [4.69, 9.17) is 0 Å². The Bertz CT molecular complexity index is 593. The first kappa shape index (κ1) is 19.2. The maximum atomic E-state index is 12.7. The summed E-state index contributed by atoms with van der Waals surface area (Å²) in [5.41, 5.74) is 2.07. The maximum absolute atomic E-state index is 12.7. The van der Waals surface area contributed by atoms with Crippen LogP contribution in [0.3, 0.4) is 0 Å². The lowest BCUT2D eigenvalue weighted by atomic mass is 10.1. The molecule has 138 valence electrons. The standard InChI is InChI=1S/C19H30N4O2/c1-4-22(5-2)14-11-20-19(25)21-17-15(3)9-8-10-16(17)18(24)23-12-6-7-13-23/h8-10H,4-7,11-14H2,1-3H3,(H2,20,21,25). The zero-order valence-corrected chi connectivity index (χ0v) is 15.6. The Morgan fingerprint density at radius 2 is 1.84 bits per heavy atom. The Hall–Kier alpha value is -2.08. The van der Waals surface area contributed by atoms with E-state index in [1.807, 2.05) is 24.0 Å². The van der Waals surface area contributed by atoms with Crippen LogP contribution in [0.1, 0.15) is 42.6 Å². The number of likely N-dealkylation sites (tertiary alicyclic amines) is 1. The number of benzene rings is 1. The first-order chi connectivity index (χ1) is 12.1. The van der Waals surface area contributed by atoms with Crippen molar-refractivity contribution < 1.29 is 9.59 Å². The van der Waals surface area contributed by atoms with Gasteiger partial charge < -0.3 is 20.4 Å². The number of nitrogens with zero attached hydrogens (tertiary/aromatic N) is 2. The first-order valence-corrected chi connectivity index (χ1v) is 9.22. The van der Waals surface area contributed by atoms with E-state index in [0.717, 1.165) is 51.1 Å². The molecule has 25 heavy (non-hydrogen) atoms. The lowest BCUT2D eigenvalue weighted by Crippen LogP contribution is -2.37. The second kappa shape index (κ2) is 9.42. The van der Waals surface area contributed by atoms with Crippen molar-refractivity contribution in [3.63, 3.8) is 0 Å². The van der Waals surface area contributed by atoms with Crippen molar-refractivity contribution in [1.29, 1.82) is 0 Å². The molecule has 1 aliphatic heterocycles. The molecule has 0 saturated carbocycles. The van der Waals surface area contributed by atoms with Crippen molar-refractivity contribution in [2.45, 2.75) is 33.6 Å². The molecule has 2 N–H and O–H groups in total. The van der Waals surface area contributed by atoms with Crippen LogP contribution in [0.2, 0.25) is 0 Å². The van der Waals surface area contributed by atoms with Gasteiger partial charge in [-0.25, -0.2) is 4.79 Å². The summed E-state index contributed by atoms with van der Waals surface area (Å²) in [4.78, 5) is 29.1. The van der Waals surface area contributed by atoms with Crippen molar-refractivity contribution in [3.05, 3.63) is 29.3 Å². The summed E-state index contributed by atoms with van der Waals surface area (Å²) in [6.45, 7) is 11.0. The predicted molar refractivity (Wildman–Crippen MR) is 101 cm³/mol. The van der Waals surface area contributed by atoms with E-state index < -0.39 is 0 Å². The molecule has 0 spiro atoms. The fourth-order valence-corrected chi connectivity index (χ4v) is 3.13. The van der Waals surface area contributed by atoms with Crippen LogP contribution in [-0.2, 0) is 0 Å². The van der Waals surface area contributed by atoms with E-state index >= 15 is 0 Å². The van der Waals surface area contributed by atoms with Gasteiger partial charge in [0, 0.05) is 26.2 Å². The lowest BCUT2D eigenvalue weighted by Gasteiger charge is -2.20. The van der Waals surface area contributed by atoms with Crippen molar-refractivity contribution >= 4 is 17.6 Å². The monoisotopic (exact) mass is 346 g/mol. The third-order valence-corrected chi connectivity index (χ3v) is 4.74. The van der Waals surface area contributed by atoms with Crippen LogP contribution in [0.25, 0.3) is 0 Å². The molecule has 1 fully saturated rings. The van der Waals surface area contributed by atoms with E-state index in [-0.39, 0.29) is 11.9 Å². The van der Waals surface area contributed by atoms with Crippen molar-refractivity contribution in [1.82, 2.24) is 15.1 Å². The zero-order chi connectivity index (χ0) is 18.2. The average Bonchev–Trinajstić information content (AvgIpc) is 3.14. The Kier molecular flexibility index (Phi) is 7.25. The molecule has 1 aromatic rings. The van der Waals surface area contributed by atoms with Gasteiger partial charge in [0.15, 0.2) is 0 Å². The van der Waals surface area contributed by atoms with Crippen LogP contribution in [0, 0.1) is 6.92 Å². The van der Waals surface area contributed by atoms with Gasteiger partial charge in [-0.3, -0.25) is 4.79 Å². The highest BCUT2D eigenvalue weighted by Crippen LogP contribution is 2.23. The number of rotatable bonds is 7. The second-order valence-corrected chi connectivity index (χ2v) is 6.40. The third kappa shape index (κ3) is 5.19. The van der Waals surface area contributed by atoms with Gasteiger partial charge >= 0.3 is 6.03 Å². The number of para-hydroxylation sites is 1. The molecular weight excluding hydrogens is 316 g/mol. The molecule has 1 aliphatic rings. The van der Waals surface area contributed by atoms with Crippen LogP contribution in [0.5, 0.6) is 0 Å². The van der Waals surface area contributed by atoms with E-state index in [1.165, 1.54) is 0 Å². The molecular formula is C19H30N4O2. The predicted octanol–water partition coefficient (Wildman–Crippen LogP) is 2.69. The largest absolute Gasteiger partial charge is 0.339 e. The number of aryl methyl sites for hydroxylation is 1. The summed E-state index contributed by atoms with van der Waals surface area (Å²) in [5, 5.41) is 5.75. The topological polar surface area (TPSA) is 64.7 Å². The summed E-state index contributed by atoms with van der Waals surface area (Å²) >= 11 is 0. The summed E-state index contributed by atoms with van der Waals surface area (Å²) in [7, 11) is 0. The molecule has 1 heterocycles. The highest BCUT2D eigenvalue weighted by Gasteiger charge is 2.23. The SMILES string of the molecule is CCN(CC)CCNC(=O)Nc1c(C)cccc1C(=O)N1CCCC1. The highest BCUT2D eigenvalue weighted by molar-refractivity contribution is 6.04. The number of hydrogen-bond acceptors (Lipinski definition) is 3. The summed E-state index contributed by atoms with van der Waals surface area (Å²) in [6, 6.07) is 5.30. The zero-order valence-electron chi connectivity index (χ0n) is 15.6. The fourth-order valence-electron chi connectivity index (χ4n) is 3.13. The molecule has 6 nitrogen and oxygen atoms in total. The second-order valence-electron chi connectivity index (χ2n) is 6.40. The average molecular weight is 346 g/mol. The van der Waals surface area contributed by atoms with Crippen LogP contribution in [-0.4, -0.2) is 61.0 Å². The van der Waals surface area contributed by atoms with Gasteiger partial charge in [-0.15, -0.1) is 0 Å². The van der Waals surface area contributed by atoms with E-state index in [0.29, 0.717) is 17.8 Å². The number of anilines is 1. The summed E-state index contributed by atoms with van der Waals surface area (Å²) in [6.07, 6.45) is 2.10. The van der Waals surface area contributed by atoms with Gasteiger partial charge in [-0.2, -0.15) is 0 Å². The van der Waals surface area contributed by atoms with Crippen LogP contribution < -0.4 is 10.6 Å². The molecule has 6 heteroatoms. The third-order valence-electron chi connectivity index (χ3n) is 4.74. The molecule has 0 atom stereocenters. The number of nitrogens with one attached hydrogen (secondary N) is 2. The number of urea groups is 1. The van der Waals surface area contributed by atoms with E-state index in [2.05, 4.69) is 29.4 Å². The Morgan fingerprint density at radius 3 is 2.48 bits per heavy atom. The van der Waals surface area contributed by atoms with Crippen molar-refractivity contribution in [3.8, 4) is 0 Å². The van der Waals surface area contributed by atoms with Gasteiger partial charge in [0.05, 0.1) is 11.3 Å². The highest BCUT2D eigenvalue weighted by atomic mass is 16.2. The molecule has 1 saturated heterocycles. The Morgan fingerprint density at radius 1 is 1.16 bits per heavy atom. The van der Waals surface area contributed by atoms with Gasteiger partial charge in [0.2, 0.25) is 0 Å². The van der Waals surface area contributed by atoms with Gasteiger partial charge in [-0.05, 0) is 44.5 Å². The van der Waals surface area contributed by atoms with Crippen molar-refractivity contribution in [2.24, 2.45) is 0 Å².